The molecule has 2 aromatic rings. The molecule has 0 atom stereocenters. The van der Waals surface area contributed by atoms with E-state index >= 15 is 0 Å². The molecule has 0 spiro atoms. The Kier molecular flexibility index (Phi) is 4.06. The summed E-state index contributed by atoms with van der Waals surface area (Å²) >= 11 is 0. The van der Waals surface area contributed by atoms with Crippen molar-refractivity contribution in [1.82, 2.24) is 24.9 Å². The van der Waals surface area contributed by atoms with Crippen LogP contribution >= 0.6 is 0 Å². The van der Waals surface area contributed by atoms with E-state index in [9.17, 15) is 4.79 Å². The SMILES string of the molecule is CCCNC(=O)CCNc1nccn2cnnc12. The number of carbonyl (C=O) groups excluding carboxylic acids is 1. The lowest BCUT2D eigenvalue weighted by Gasteiger charge is -2.06. The zero-order chi connectivity index (χ0) is 12.8. The molecule has 0 unspecified atom stereocenters. The van der Waals surface area contributed by atoms with E-state index in [0.29, 0.717) is 24.4 Å². The average Bonchev–Trinajstić information content (AvgIpc) is 2.85. The number of hydrogen-bond donors (Lipinski definition) is 2. The summed E-state index contributed by atoms with van der Waals surface area (Å²) in [5.41, 5.74) is 0.659. The third kappa shape index (κ3) is 2.93. The van der Waals surface area contributed by atoms with Gasteiger partial charge in [-0.15, -0.1) is 10.2 Å². The quantitative estimate of drug-likeness (QED) is 0.775. The molecular formula is C11H16N6O. The van der Waals surface area contributed by atoms with Crippen LogP contribution in [0.4, 0.5) is 5.82 Å². The maximum atomic E-state index is 11.4. The second kappa shape index (κ2) is 5.95. The molecule has 0 fully saturated rings. The van der Waals surface area contributed by atoms with Crippen LogP contribution in [-0.2, 0) is 4.79 Å². The molecule has 2 aromatic heterocycles. The van der Waals surface area contributed by atoms with E-state index in [1.165, 1.54) is 0 Å². The second-order valence-electron chi connectivity index (χ2n) is 3.86. The topological polar surface area (TPSA) is 84.2 Å². The number of nitrogens with one attached hydrogen (secondary N) is 2. The number of amides is 1. The summed E-state index contributed by atoms with van der Waals surface area (Å²) in [6, 6.07) is 0. The predicted molar refractivity (Wildman–Crippen MR) is 67.2 cm³/mol. The third-order valence-corrected chi connectivity index (χ3v) is 2.43. The van der Waals surface area contributed by atoms with Crippen molar-refractivity contribution >= 4 is 17.4 Å². The van der Waals surface area contributed by atoms with Crippen molar-refractivity contribution in [1.29, 1.82) is 0 Å². The zero-order valence-corrected chi connectivity index (χ0v) is 10.3. The first kappa shape index (κ1) is 12.3. The van der Waals surface area contributed by atoms with Crippen LogP contribution in [0.1, 0.15) is 19.8 Å². The second-order valence-corrected chi connectivity index (χ2v) is 3.86. The highest BCUT2D eigenvalue weighted by atomic mass is 16.1. The standard InChI is InChI=1S/C11H16N6O/c1-2-4-12-9(18)3-5-13-10-11-16-15-8-17(11)7-6-14-10/h6-8H,2-5H2,1H3,(H,12,18)(H,13,14). The number of aromatic nitrogens is 4. The van der Waals surface area contributed by atoms with Gasteiger partial charge in [-0.1, -0.05) is 6.92 Å². The van der Waals surface area contributed by atoms with E-state index in [-0.39, 0.29) is 5.91 Å². The minimum atomic E-state index is 0.0396. The summed E-state index contributed by atoms with van der Waals surface area (Å²) in [5, 5.41) is 13.7. The predicted octanol–water partition coefficient (Wildman–Crippen LogP) is 0.452. The normalized spacial score (nSPS) is 10.5. The van der Waals surface area contributed by atoms with Gasteiger partial charge in [0.2, 0.25) is 11.6 Å². The lowest BCUT2D eigenvalue weighted by atomic mass is 10.3. The molecule has 96 valence electrons. The van der Waals surface area contributed by atoms with Gasteiger partial charge in [0.25, 0.3) is 0 Å². The summed E-state index contributed by atoms with van der Waals surface area (Å²) in [6.45, 7) is 3.26. The largest absolute Gasteiger partial charge is 0.366 e. The Hall–Kier alpha value is -2.18. The monoisotopic (exact) mass is 248 g/mol. The van der Waals surface area contributed by atoms with E-state index in [1.54, 1.807) is 23.1 Å². The van der Waals surface area contributed by atoms with Crippen molar-refractivity contribution in [2.75, 3.05) is 18.4 Å². The first-order chi connectivity index (χ1) is 8.81. The van der Waals surface area contributed by atoms with E-state index in [0.717, 1.165) is 13.0 Å². The number of anilines is 1. The summed E-state index contributed by atoms with van der Waals surface area (Å²) in [4.78, 5) is 15.6. The molecule has 2 rings (SSSR count). The summed E-state index contributed by atoms with van der Waals surface area (Å²) in [5.74, 6) is 0.677. The van der Waals surface area contributed by atoms with Crippen LogP contribution in [0.5, 0.6) is 0 Å². The van der Waals surface area contributed by atoms with Crippen LogP contribution in [0.25, 0.3) is 5.65 Å². The Bertz CT molecular complexity index is 523. The van der Waals surface area contributed by atoms with Gasteiger partial charge in [0.1, 0.15) is 6.33 Å². The highest BCUT2D eigenvalue weighted by molar-refractivity contribution is 5.76. The van der Waals surface area contributed by atoms with Gasteiger partial charge in [-0.05, 0) is 6.42 Å². The molecule has 0 aliphatic carbocycles. The number of hydrogen-bond acceptors (Lipinski definition) is 5. The molecule has 0 saturated heterocycles. The van der Waals surface area contributed by atoms with Crippen LogP contribution in [-0.4, -0.2) is 38.6 Å². The number of nitrogens with zero attached hydrogens (tertiary/aromatic N) is 4. The van der Waals surface area contributed by atoms with Crippen LogP contribution < -0.4 is 10.6 Å². The smallest absolute Gasteiger partial charge is 0.221 e. The number of carbonyl (C=O) groups is 1. The van der Waals surface area contributed by atoms with Crippen molar-refractivity contribution in [3.05, 3.63) is 18.7 Å². The van der Waals surface area contributed by atoms with Gasteiger partial charge in [0.15, 0.2) is 5.82 Å². The number of rotatable bonds is 6. The van der Waals surface area contributed by atoms with E-state index in [2.05, 4.69) is 25.8 Å². The molecule has 2 heterocycles. The lowest BCUT2D eigenvalue weighted by molar-refractivity contribution is -0.120. The molecule has 0 bridgehead atoms. The van der Waals surface area contributed by atoms with E-state index < -0.39 is 0 Å². The van der Waals surface area contributed by atoms with Crippen molar-refractivity contribution in [3.8, 4) is 0 Å². The summed E-state index contributed by atoms with van der Waals surface area (Å²) in [6.07, 6.45) is 6.40. The molecule has 2 N–H and O–H groups in total. The molecule has 7 nitrogen and oxygen atoms in total. The van der Waals surface area contributed by atoms with E-state index in [1.807, 2.05) is 6.92 Å². The van der Waals surface area contributed by atoms with Gasteiger partial charge < -0.3 is 10.6 Å². The molecule has 1 amide bonds. The van der Waals surface area contributed by atoms with Gasteiger partial charge in [-0.25, -0.2) is 4.98 Å². The molecule has 0 aromatic carbocycles. The maximum Gasteiger partial charge on any atom is 0.221 e. The minimum absolute atomic E-state index is 0.0396. The lowest BCUT2D eigenvalue weighted by Crippen LogP contribution is -2.26. The van der Waals surface area contributed by atoms with Crippen LogP contribution in [0.15, 0.2) is 18.7 Å². The number of fused-ring (bicyclic) bond motifs is 1. The Morgan fingerprint density at radius 1 is 1.44 bits per heavy atom. The van der Waals surface area contributed by atoms with Crippen LogP contribution in [0, 0.1) is 0 Å². The fourth-order valence-electron chi connectivity index (χ4n) is 1.53. The molecule has 7 heteroatoms. The minimum Gasteiger partial charge on any atom is -0.366 e. The first-order valence-electron chi connectivity index (χ1n) is 5.96. The molecule has 0 aliphatic rings. The Labute approximate surface area is 105 Å². The molecule has 0 saturated carbocycles. The van der Waals surface area contributed by atoms with Crippen molar-refractivity contribution in [2.45, 2.75) is 19.8 Å². The molecule has 0 radical (unpaired) electrons. The highest BCUT2D eigenvalue weighted by Crippen LogP contribution is 2.09. The molecule has 0 aliphatic heterocycles. The van der Waals surface area contributed by atoms with E-state index in [4.69, 9.17) is 0 Å². The molecule has 18 heavy (non-hydrogen) atoms. The van der Waals surface area contributed by atoms with Gasteiger partial charge in [-0.3, -0.25) is 9.20 Å². The van der Waals surface area contributed by atoms with Gasteiger partial charge >= 0.3 is 0 Å². The highest BCUT2D eigenvalue weighted by Gasteiger charge is 2.05. The Morgan fingerprint density at radius 2 is 2.33 bits per heavy atom. The summed E-state index contributed by atoms with van der Waals surface area (Å²) in [7, 11) is 0. The Morgan fingerprint density at radius 3 is 3.17 bits per heavy atom. The fraction of sp³-hybridized carbons (Fsp3) is 0.455. The van der Waals surface area contributed by atoms with Gasteiger partial charge in [0, 0.05) is 31.9 Å². The maximum absolute atomic E-state index is 11.4. The summed E-state index contributed by atoms with van der Waals surface area (Å²) < 4.78 is 1.77. The first-order valence-corrected chi connectivity index (χ1v) is 5.96. The van der Waals surface area contributed by atoms with Crippen molar-refractivity contribution in [3.63, 3.8) is 0 Å². The fourth-order valence-corrected chi connectivity index (χ4v) is 1.53. The Balaban J connectivity index is 1.87. The zero-order valence-electron chi connectivity index (χ0n) is 10.3. The van der Waals surface area contributed by atoms with Gasteiger partial charge in [-0.2, -0.15) is 0 Å². The van der Waals surface area contributed by atoms with Crippen molar-refractivity contribution in [2.24, 2.45) is 0 Å². The van der Waals surface area contributed by atoms with Gasteiger partial charge in [0.05, 0.1) is 0 Å². The molecular weight excluding hydrogens is 232 g/mol. The average molecular weight is 248 g/mol. The third-order valence-electron chi connectivity index (χ3n) is 2.43. The van der Waals surface area contributed by atoms with Crippen LogP contribution in [0.2, 0.25) is 0 Å². The van der Waals surface area contributed by atoms with Crippen LogP contribution in [0.3, 0.4) is 0 Å². The van der Waals surface area contributed by atoms with Crippen molar-refractivity contribution < 1.29 is 4.79 Å².